The number of rotatable bonds is 3. The number of sulfonamides is 1. The molecule has 2 atom stereocenters. The van der Waals surface area contributed by atoms with Crippen LogP contribution in [0.4, 0.5) is 4.39 Å². The maximum atomic E-state index is 13.7. The van der Waals surface area contributed by atoms with Crippen LogP contribution >= 0.6 is 15.9 Å². The molecular formula is C12H16BrFN2O2S. The van der Waals surface area contributed by atoms with Crippen LogP contribution in [0.5, 0.6) is 0 Å². The summed E-state index contributed by atoms with van der Waals surface area (Å²) in [4.78, 5) is -0.320. The van der Waals surface area contributed by atoms with Gasteiger partial charge < -0.3 is 5.32 Å². The van der Waals surface area contributed by atoms with Gasteiger partial charge in [-0.15, -0.1) is 0 Å². The SMILES string of the molecule is CC1NCCCC1NS(=O)(=O)c1cc(Br)ccc1F. The smallest absolute Gasteiger partial charge is 0.243 e. The first-order valence-corrected chi connectivity index (χ1v) is 8.38. The molecule has 2 rings (SSSR count). The van der Waals surface area contributed by atoms with Crippen LogP contribution in [0.3, 0.4) is 0 Å². The highest BCUT2D eigenvalue weighted by Gasteiger charge is 2.28. The number of halogens is 2. The molecule has 0 bridgehead atoms. The largest absolute Gasteiger partial charge is 0.313 e. The van der Waals surface area contributed by atoms with Crippen LogP contribution in [-0.4, -0.2) is 27.0 Å². The maximum Gasteiger partial charge on any atom is 0.243 e. The van der Waals surface area contributed by atoms with E-state index in [-0.39, 0.29) is 17.0 Å². The molecule has 2 N–H and O–H groups in total. The monoisotopic (exact) mass is 350 g/mol. The standard InChI is InChI=1S/C12H16BrFN2O2S/c1-8-11(3-2-6-15-8)16-19(17,18)12-7-9(13)4-5-10(12)14/h4-5,7-8,11,15-16H,2-3,6H2,1H3. The Morgan fingerprint density at radius 2 is 2.21 bits per heavy atom. The Kier molecular flexibility index (Phi) is 4.60. The van der Waals surface area contributed by atoms with Crippen LogP contribution in [0.2, 0.25) is 0 Å². The summed E-state index contributed by atoms with van der Waals surface area (Å²) in [7, 11) is -3.84. The van der Waals surface area contributed by atoms with Gasteiger partial charge >= 0.3 is 0 Å². The van der Waals surface area contributed by atoms with Crippen molar-refractivity contribution in [3.8, 4) is 0 Å². The highest BCUT2D eigenvalue weighted by atomic mass is 79.9. The number of nitrogens with one attached hydrogen (secondary N) is 2. The lowest BCUT2D eigenvalue weighted by atomic mass is 10.0. The summed E-state index contributed by atoms with van der Waals surface area (Å²) in [5.41, 5.74) is 0. The molecule has 0 spiro atoms. The molecule has 1 saturated heterocycles. The lowest BCUT2D eigenvalue weighted by Gasteiger charge is -2.30. The summed E-state index contributed by atoms with van der Waals surface area (Å²) in [6.07, 6.45) is 1.65. The second-order valence-corrected chi connectivity index (χ2v) is 7.29. The summed E-state index contributed by atoms with van der Waals surface area (Å²) in [6, 6.07) is 3.72. The van der Waals surface area contributed by atoms with Crippen LogP contribution in [0.25, 0.3) is 0 Å². The average molecular weight is 351 g/mol. The van der Waals surface area contributed by atoms with E-state index in [4.69, 9.17) is 0 Å². The molecule has 0 saturated carbocycles. The normalized spacial score (nSPS) is 24.4. The van der Waals surface area contributed by atoms with Gasteiger partial charge in [0.15, 0.2) is 0 Å². The zero-order valence-electron chi connectivity index (χ0n) is 10.5. The minimum atomic E-state index is -3.84. The van der Waals surface area contributed by atoms with Gasteiger partial charge in [-0.3, -0.25) is 0 Å². The van der Waals surface area contributed by atoms with Gasteiger partial charge in [-0.2, -0.15) is 0 Å². The third-order valence-electron chi connectivity index (χ3n) is 3.25. The van der Waals surface area contributed by atoms with E-state index < -0.39 is 15.8 Å². The summed E-state index contributed by atoms with van der Waals surface area (Å²) in [6.45, 7) is 2.80. The first kappa shape index (κ1) is 14.9. The van der Waals surface area contributed by atoms with Crippen LogP contribution in [0.1, 0.15) is 19.8 Å². The van der Waals surface area contributed by atoms with Gasteiger partial charge in [0.1, 0.15) is 10.7 Å². The van der Waals surface area contributed by atoms with E-state index in [0.29, 0.717) is 4.47 Å². The van der Waals surface area contributed by atoms with E-state index in [1.165, 1.54) is 12.1 Å². The van der Waals surface area contributed by atoms with Crippen molar-refractivity contribution in [1.29, 1.82) is 0 Å². The minimum absolute atomic E-state index is 0.0405. The molecule has 0 aromatic heterocycles. The molecule has 1 aliphatic heterocycles. The van der Waals surface area contributed by atoms with E-state index in [9.17, 15) is 12.8 Å². The van der Waals surface area contributed by atoms with Gasteiger partial charge in [-0.05, 0) is 44.5 Å². The van der Waals surface area contributed by atoms with Gasteiger partial charge in [-0.25, -0.2) is 17.5 Å². The first-order chi connectivity index (χ1) is 8.90. The highest BCUT2D eigenvalue weighted by Crippen LogP contribution is 2.21. The van der Waals surface area contributed by atoms with Gasteiger partial charge in [0.2, 0.25) is 10.0 Å². The minimum Gasteiger partial charge on any atom is -0.313 e. The molecule has 0 radical (unpaired) electrons. The maximum absolute atomic E-state index is 13.7. The van der Waals surface area contributed by atoms with E-state index in [2.05, 4.69) is 26.0 Å². The Balaban J connectivity index is 2.24. The summed E-state index contributed by atoms with van der Waals surface area (Å²) in [5.74, 6) is -0.743. The molecule has 106 valence electrons. The van der Waals surface area contributed by atoms with Crippen molar-refractivity contribution in [1.82, 2.24) is 10.0 Å². The quantitative estimate of drug-likeness (QED) is 0.876. The van der Waals surface area contributed by atoms with Crippen molar-refractivity contribution in [3.63, 3.8) is 0 Å². The Morgan fingerprint density at radius 1 is 1.47 bits per heavy atom. The van der Waals surface area contributed by atoms with Crippen LogP contribution in [-0.2, 0) is 10.0 Å². The van der Waals surface area contributed by atoms with Crippen molar-refractivity contribution >= 4 is 26.0 Å². The van der Waals surface area contributed by atoms with Crippen molar-refractivity contribution < 1.29 is 12.8 Å². The fourth-order valence-corrected chi connectivity index (χ4v) is 4.12. The molecule has 1 aromatic rings. The third kappa shape index (κ3) is 3.53. The lowest BCUT2D eigenvalue weighted by Crippen LogP contribution is -2.51. The molecule has 2 unspecified atom stereocenters. The Labute approximate surface area is 121 Å². The van der Waals surface area contributed by atoms with Crippen molar-refractivity contribution in [2.75, 3.05) is 6.54 Å². The second kappa shape index (κ2) is 5.87. The van der Waals surface area contributed by atoms with Crippen molar-refractivity contribution in [2.24, 2.45) is 0 Å². The molecule has 4 nitrogen and oxygen atoms in total. The van der Waals surface area contributed by atoms with E-state index in [1.807, 2.05) is 6.92 Å². The third-order valence-corrected chi connectivity index (χ3v) is 5.25. The molecule has 0 amide bonds. The van der Waals surface area contributed by atoms with Gasteiger partial charge in [0.25, 0.3) is 0 Å². The van der Waals surface area contributed by atoms with Crippen molar-refractivity contribution in [2.45, 2.75) is 36.7 Å². The van der Waals surface area contributed by atoms with Crippen LogP contribution in [0, 0.1) is 5.82 Å². The molecule has 19 heavy (non-hydrogen) atoms. The van der Waals surface area contributed by atoms with Crippen molar-refractivity contribution in [3.05, 3.63) is 28.5 Å². The average Bonchev–Trinajstić information content (AvgIpc) is 2.35. The zero-order chi connectivity index (χ0) is 14.0. The fraction of sp³-hybridized carbons (Fsp3) is 0.500. The molecule has 1 fully saturated rings. The van der Waals surface area contributed by atoms with Crippen LogP contribution < -0.4 is 10.0 Å². The highest BCUT2D eigenvalue weighted by molar-refractivity contribution is 9.10. The molecule has 1 aliphatic rings. The first-order valence-electron chi connectivity index (χ1n) is 6.11. The number of piperidine rings is 1. The van der Waals surface area contributed by atoms with Crippen LogP contribution in [0.15, 0.2) is 27.6 Å². The predicted molar refractivity (Wildman–Crippen MR) is 74.9 cm³/mol. The molecule has 1 aromatic carbocycles. The van der Waals surface area contributed by atoms with E-state index in [1.54, 1.807) is 0 Å². The predicted octanol–water partition coefficient (Wildman–Crippen LogP) is 2.01. The number of hydrogen-bond acceptors (Lipinski definition) is 3. The molecular weight excluding hydrogens is 335 g/mol. The Morgan fingerprint density at radius 3 is 2.89 bits per heavy atom. The van der Waals surface area contributed by atoms with E-state index in [0.717, 1.165) is 25.5 Å². The number of hydrogen-bond donors (Lipinski definition) is 2. The van der Waals surface area contributed by atoms with Gasteiger partial charge in [0, 0.05) is 16.6 Å². The van der Waals surface area contributed by atoms with Gasteiger partial charge in [0.05, 0.1) is 0 Å². The Bertz CT molecular complexity index is 565. The van der Waals surface area contributed by atoms with E-state index >= 15 is 0 Å². The molecule has 7 heteroatoms. The lowest BCUT2D eigenvalue weighted by molar-refractivity contribution is 0.348. The zero-order valence-corrected chi connectivity index (χ0v) is 12.9. The molecule has 0 aliphatic carbocycles. The fourth-order valence-electron chi connectivity index (χ4n) is 2.15. The number of benzene rings is 1. The summed E-state index contributed by atoms with van der Waals surface area (Å²) >= 11 is 3.15. The Hall–Kier alpha value is -0.500. The summed E-state index contributed by atoms with van der Waals surface area (Å²) < 4.78 is 41.2. The van der Waals surface area contributed by atoms with Gasteiger partial charge in [-0.1, -0.05) is 15.9 Å². The summed E-state index contributed by atoms with van der Waals surface area (Å²) in [5, 5.41) is 3.20. The molecule has 1 heterocycles. The topological polar surface area (TPSA) is 58.2 Å². The second-order valence-electron chi connectivity index (χ2n) is 4.69.